The number of aliphatic carboxylic acids is 1. The van der Waals surface area contributed by atoms with Crippen molar-refractivity contribution >= 4 is 22.7 Å². The number of alkyl halides is 4. The summed E-state index contributed by atoms with van der Waals surface area (Å²) in [4.78, 5) is 23.1. The van der Waals surface area contributed by atoms with Crippen molar-refractivity contribution in [1.29, 1.82) is 0 Å². The largest absolute Gasteiger partial charge is 0.481 e. The molecule has 4 rings (SSSR count). The van der Waals surface area contributed by atoms with Crippen LogP contribution in [-0.2, 0) is 11.0 Å². The fourth-order valence-corrected chi connectivity index (χ4v) is 4.57. The Hall–Kier alpha value is -4.01. The number of halogens is 4. The second kappa shape index (κ2) is 11.0. The van der Waals surface area contributed by atoms with Gasteiger partial charge in [-0.05, 0) is 61.2 Å². The predicted octanol–water partition coefficient (Wildman–Crippen LogP) is 7.89. The van der Waals surface area contributed by atoms with Crippen LogP contribution in [-0.4, -0.2) is 32.3 Å². The van der Waals surface area contributed by atoms with E-state index in [1.807, 2.05) is 12.1 Å². The Kier molecular flexibility index (Phi) is 7.90. The highest BCUT2D eigenvalue weighted by atomic mass is 19.4. The Balaban J connectivity index is 1.62. The van der Waals surface area contributed by atoms with Gasteiger partial charge in [0, 0.05) is 30.2 Å². The average molecular weight is 541 g/mol. The number of carboxylic acid groups (broad SMARTS) is 1. The number of rotatable bonds is 10. The van der Waals surface area contributed by atoms with Gasteiger partial charge in [0.05, 0.1) is 23.3 Å². The third kappa shape index (κ3) is 6.90. The van der Waals surface area contributed by atoms with Gasteiger partial charge in [-0.25, -0.2) is 4.39 Å². The summed E-state index contributed by atoms with van der Waals surface area (Å²) in [6.45, 7) is 2.96. The first-order chi connectivity index (χ1) is 18.3. The van der Waals surface area contributed by atoms with Gasteiger partial charge in [-0.3, -0.25) is 14.3 Å². The molecule has 39 heavy (non-hydrogen) atoms. The number of carboxylic acids is 1. The van der Waals surface area contributed by atoms with Crippen molar-refractivity contribution < 1.29 is 32.3 Å². The van der Waals surface area contributed by atoms with Gasteiger partial charge in [0.2, 0.25) is 0 Å². The van der Waals surface area contributed by atoms with Gasteiger partial charge < -0.3 is 5.11 Å². The summed E-state index contributed by atoms with van der Waals surface area (Å²) in [6.07, 6.45) is -2.36. The molecule has 1 unspecified atom stereocenters. The monoisotopic (exact) mass is 540 g/mol. The molecule has 0 fully saturated rings. The van der Waals surface area contributed by atoms with E-state index < -0.39 is 29.4 Å². The molecule has 0 aliphatic carbocycles. The first-order valence-corrected chi connectivity index (χ1v) is 12.5. The first kappa shape index (κ1) is 28.0. The van der Waals surface area contributed by atoms with E-state index >= 15 is 0 Å². The first-order valence-electron chi connectivity index (χ1n) is 12.5. The molecule has 0 saturated carbocycles. The highest BCUT2D eigenvalue weighted by Gasteiger charge is 2.30. The van der Waals surface area contributed by atoms with Crippen LogP contribution in [0.5, 0.6) is 0 Å². The van der Waals surface area contributed by atoms with Crippen molar-refractivity contribution in [2.75, 3.05) is 0 Å². The molecular formula is C30H28F4N2O3. The zero-order valence-electron chi connectivity index (χ0n) is 21.5. The van der Waals surface area contributed by atoms with Crippen molar-refractivity contribution in [3.63, 3.8) is 0 Å². The summed E-state index contributed by atoms with van der Waals surface area (Å²) in [6, 6.07) is 16.7. The Morgan fingerprint density at radius 3 is 2.13 bits per heavy atom. The zero-order valence-corrected chi connectivity index (χ0v) is 21.5. The molecule has 0 radical (unpaired) electrons. The number of Topliss-reactive ketones (excluding diaryl/α,β-unsaturated/α-hetero) is 1. The minimum Gasteiger partial charge on any atom is -0.481 e. The molecule has 1 heterocycles. The van der Waals surface area contributed by atoms with Crippen LogP contribution in [0.15, 0.2) is 72.9 Å². The molecule has 0 aliphatic rings. The molecule has 0 saturated heterocycles. The summed E-state index contributed by atoms with van der Waals surface area (Å²) in [5.74, 6) is -1.11. The van der Waals surface area contributed by atoms with Crippen LogP contribution in [0.3, 0.4) is 0 Å². The van der Waals surface area contributed by atoms with Crippen LogP contribution >= 0.6 is 0 Å². The topological polar surface area (TPSA) is 72.2 Å². The minimum atomic E-state index is -4.41. The molecule has 1 aromatic heterocycles. The Morgan fingerprint density at radius 1 is 0.897 bits per heavy atom. The van der Waals surface area contributed by atoms with Crippen LogP contribution < -0.4 is 0 Å². The summed E-state index contributed by atoms with van der Waals surface area (Å²) < 4.78 is 55.4. The minimum absolute atomic E-state index is 0.0789. The number of aromatic nitrogens is 2. The molecule has 9 heteroatoms. The lowest BCUT2D eigenvalue weighted by atomic mass is 9.93. The Bertz CT molecular complexity index is 1470. The molecule has 0 amide bonds. The second-order valence-electron chi connectivity index (χ2n) is 10.2. The zero-order chi connectivity index (χ0) is 28.4. The lowest BCUT2D eigenvalue weighted by Crippen LogP contribution is -2.22. The van der Waals surface area contributed by atoms with Crippen LogP contribution in [0, 0.1) is 0 Å². The van der Waals surface area contributed by atoms with Gasteiger partial charge in [0.25, 0.3) is 0 Å². The van der Waals surface area contributed by atoms with Crippen LogP contribution in [0.2, 0.25) is 0 Å². The number of carbonyl (C=O) groups excluding carboxylic acids is 1. The van der Waals surface area contributed by atoms with E-state index in [2.05, 4.69) is 5.10 Å². The summed E-state index contributed by atoms with van der Waals surface area (Å²) in [7, 11) is 0. The van der Waals surface area contributed by atoms with E-state index in [9.17, 15) is 27.2 Å². The number of ketones is 1. The van der Waals surface area contributed by atoms with Crippen molar-refractivity contribution in [3.05, 3.63) is 89.6 Å². The van der Waals surface area contributed by atoms with Crippen molar-refractivity contribution in [2.45, 2.75) is 57.4 Å². The van der Waals surface area contributed by atoms with Crippen LogP contribution in [0.1, 0.15) is 67.1 Å². The highest BCUT2D eigenvalue weighted by molar-refractivity contribution is 5.96. The molecule has 3 aromatic carbocycles. The van der Waals surface area contributed by atoms with Crippen LogP contribution in [0.25, 0.3) is 22.0 Å². The van der Waals surface area contributed by atoms with Crippen LogP contribution in [0.4, 0.5) is 17.6 Å². The second-order valence-corrected chi connectivity index (χ2v) is 10.2. The van der Waals surface area contributed by atoms with Gasteiger partial charge in [-0.15, -0.1) is 0 Å². The molecule has 0 spiro atoms. The van der Waals surface area contributed by atoms with Crippen molar-refractivity contribution in [3.8, 4) is 11.1 Å². The fraction of sp³-hybridized carbons (Fsp3) is 0.300. The third-order valence-electron chi connectivity index (χ3n) is 6.53. The lowest BCUT2D eigenvalue weighted by Gasteiger charge is -2.25. The molecule has 0 aliphatic heterocycles. The smallest absolute Gasteiger partial charge is 0.416 e. The van der Waals surface area contributed by atoms with Crippen molar-refractivity contribution in [2.24, 2.45) is 0 Å². The molecule has 5 nitrogen and oxygen atoms in total. The Morgan fingerprint density at radius 2 is 1.54 bits per heavy atom. The standard InChI is InChI=1S/C30H28F4N2O3/c1-29(2,31)17-26(20-6-8-21(9-7-20)27(37)4-3-5-28(38)39)36-25-15-12-22(16-23(25)18-35-36)19-10-13-24(14-11-19)30(32,33)34/h6-16,18,26H,3-5,17H2,1-2H3,(H,38,39). The predicted molar refractivity (Wildman–Crippen MR) is 140 cm³/mol. The number of hydrogen-bond donors (Lipinski definition) is 1. The quantitative estimate of drug-likeness (QED) is 0.164. The maximum Gasteiger partial charge on any atom is 0.416 e. The molecular weight excluding hydrogens is 512 g/mol. The SMILES string of the molecule is CC(C)(F)CC(c1ccc(C(=O)CCCC(=O)O)cc1)n1ncc2cc(-c3ccc(C(F)(F)F)cc3)ccc21. The number of hydrogen-bond acceptors (Lipinski definition) is 3. The van der Waals surface area contributed by atoms with E-state index in [1.54, 1.807) is 41.2 Å². The normalized spacial score (nSPS) is 13.0. The van der Waals surface area contributed by atoms with Gasteiger partial charge in [0.1, 0.15) is 5.67 Å². The maximum absolute atomic E-state index is 14.9. The van der Waals surface area contributed by atoms with E-state index in [0.717, 1.165) is 34.2 Å². The van der Waals surface area contributed by atoms with E-state index in [-0.39, 0.29) is 31.5 Å². The van der Waals surface area contributed by atoms with Gasteiger partial charge >= 0.3 is 12.1 Å². The summed E-state index contributed by atoms with van der Waals surface area (Å²) >= 11 is 0. The molecule has 4 aromatic rings. The summed E-state index contributed by atoms with van der Waals surface area (Å²) in [5.41, 5.74) is 1.03. The molecule has 1 N–H and O–H groups in total. The molecule has 0 bridgehead atoms. The third-order valence-corrected chi connectivity index (χ3v) is 6.53. The molecule has 204 valence electrons. The fourth-order valence-electron chi connectivity index (χ4n) is 4.57. The van der Waals surface area contributed by atoms with E-state index in [1.165, 1.54) is 26.0 Å². The Labute approximate surface area is 223 Å². The van der Waals surface area contributed by atoms with Gasteiger partial charge in [0.15, 0.2) is 5.78 Å². The average Bonchev–Trinajstić information content (AvgIpc) is 3.29. The number of carbonyl (C=O) groups is 2. The number of benzene rings is 3. The van der Waals surface area contributed by atoms with E-state index in [4.69, 9.17) is 5.11 Å². The lowest BCUT2D eigenvalue weighted by molar-refractivity contribution is -0.138. The number of fused-ring (bicyclic) bond motifs is 1. The molecule has 1 atom stereocenters. The maximum atomic E-state index is 14.9. The summed E-state index contributed by atoms with van der Waals surface area (Å²) in [5, 5.41) is 14.1. The highest BCUT2D eigenvalue weighted by Crippen LogP contribution is 2.35. The van der Waals surface area contributed by atoms with Gasteiger partial charge in [-0.1, -0.05) is 42.5 Å². The van der Waals surface area contributed by atoms with Crippen molar-refractivity contribution in [1.82, 2.24) is 9.78 Å². The van der Waals surface area contributed by atoms with E-state index in [0.29, 0.717) is 11.1 Å². The van der Waals surface area contributed by atoms with Gasteiger partial charge in [-0.2, -0.15) is 18.3 Å². The number of nitrogens with zero attached hydrogens (tertiary/aromatic N) is 2.